The number of rotatable bonds is 4. The summed E-state index contributed by atoms with van der Waals surface area (Å²) in [5.41, 5.74) is 1.51. The molecule has 0 unspecified atom stereocenters. The van der Waals surface area contributed by atoms with Crippen molar-refractivity contribution in [3.8, 4) is 5.75 Å². The molecule has 0 fully saturated rings. The first kappa shape index (κ1) is 18.1. The molecule has 0 aliphatic carbocycles. The summed E-state index contributed by atoms with van der Waals surface area (Å²) < 4.78 is 4.91. The number of phenols is 1. The Morgan fingerprint density at radius 1 is 1.07 bits per heavy atom. The predicted octanol–water partition coefficient (Wildman–Crippen LogP) is 1.72. The van der Waals surface area contributed by atoms with Crippen LogP contribution < -0.4 is 5.32 Å². The van der Waals surface area contributed by atoms with Crippen molar-refractivity contribution in [2.45, 2.75) is 6.92 Å². The van der Waals surface area contributed by atoms with Crippen LogP contribution >= 0.6 is 0 Å². The van der Waals surface area contributed by atoms with E-state index in [4.69, 9.17) is 4.74 Å². The van der Waals surface area contributed by atoms with Gasteiger partial charge in [0.05, 0.1) is 16.7 Å². The lowest BCUT2D eigenvalue weighted by molar-refractivity contribution is -0.119. The Kier molecular flexibility index (Phi) is 4.64. The SMILES string of the molecule is Cc1ccc(C(=O)OCC(=O)Nc2ccc3c(c2)C(=O)N(C)C3=O)cc1O. The highest BCUT2D eigenvalue weighted by atomic mass is 16.5. The summed E-state index contributed by atoms with van der Waals surface area (Å²) in [6, 6.07) is 8.64. The zero-order chi connectivity index (χ0) is 19.7. The molecule has 3 amide bonds. The molecule has 138 valence electrons. The molecule has 0 spiro atoms. The van der Waals surface area contributed by atoms with E-state index in [2.05, 4.69) is 5.32 Å². The minimum atomic E-state index is -0.753. The van der Waals surface area contributed by atoms with E-state index >= 15 is 0 Å². The largest absolute Gasteiger partial charge is 0.508 e. The van der Waals surface area contributed by atoms with Crippen LogP contribution in [0.15, 0.2) is 36.4 Å². The fraction of sp³-hybridized carbons (Fsp3) is 0.158. The Morgan fingerprint density at radius 2 is 1.78 bits per heavy atom. The van der Waals surface area contributed by atoms with Gasteiger partial charge in [0.15, 0.2) is 6.61 Å². The number of carbonyl (C=O) groups is 4. The number of fused-ring (bicyclic) bond motifs is 1. The lowest BCUT2D eigenvalue weighted by Gasteiger charge is -2.08. The summed E-state index contributed by atoms with van der Waals surface area (Å²) >= 11 is 0. The number of aromatic hydroxyl groups is 1. The van der Waals surface area contributed by atoms with Gasteiger partial charge in [-0.2, -0.15) is 0 Å². The van der Waals surface area contributed by atoms with E-state index in [1.807, 2.05) is 0 Å². The lowest BCUT2D eigenvalue weighted by Crippen LogP contribution is -2.24. The number of imide groups is 1. The topological polar surface area (TPSA) is 113 Å². The average molecular weight is 368 g/mol. The molecule has 1 heterocycles. The van der Waals surface area contributed by atoms with Crippen LogP contribution in [0.25, 0.3) is 0 Å². The van der Waals surface area contributed by atoms with E-state index in [1.165, 1.54) is 37.4 Å². The minimum absolute atomic E-state index is 0.0452. The second-order valence-corrected chi connectivity index (χ2v) is 6.06. The van der Waals surface area contributed by atoms with E-state index in [1.54, 1.807) is 13.0 Å². The van der Waals surface area contributed by atoms with Crippen LogP contribution in [0.4, 0.5) is 5.69 Å². The summed E-state index contributed by atoms with van der Waals surface area (Å²) in [7, 11) is 1.38. The number of amides is 3. The van der Waals surface area contributed by atoms with Gasteiger partial charge in [0.25, 0.3) is 17.7 Å². The van der Waals surface area contributed by atoms with Crippen LogP contribution in [0.2, 0.25) is 0 Å². The first-order valence-electron chi connectivity index (χ1n) is 8.01. The zero-order valence-corrected chi connectivity index (χ0v) is 14.6. The number of anilines is 1. The fourth-order valence-electron chi connectivity index (χ4n) is 2.59. The van der Waals surface area contributed by atoms with E-state index in [0.29, 0.717) is 11.3 Å². The number of carbonyl (C=O) groups excluding carboxylic acids is 4. The van der Waals surface area contributed by atoms with Gasteiger partial charge >= 0.3 is 5.97 Å². The van der Waals surface area contributed by atoms with Crippen LogP contribution in [0.1, 0.15) is 36.6 Å². The number of phenolic OH excluding ortho intramolecular Hbond substituents is 1. The monoisotopic (exact) mass is 368 g/mol. The number of nitrogens with one attached hydrogen (secondary N) is 1. The molecule has 0 aromatic heterocycles. The van der Waals surface area contributed by atoms with Crippen molar-refractivity contribution in [1.82, 2.24) is 4.90 Å². The van der Waals surface area contributed by atoms with Crippen molar-refractivity contribution in [1.29, 1.82) is 0 Å². The van der Waals surface area contributed by atoms with Crippen LogP contribution in [0, 0.1) is 6.92 Å². The molecule has 27 heavy (non-hydrogen) atoms. The molecular formula is C19H16N2O6. The molecule has 8 heteroatoms. The molecular weight excluding hydrogens is 352 g/mol. The zero-order valence-electron chi connectivity index (χ0n) is 14.6. The molecule has 0 bridgehead atoms. The second-order valence-electron chi connectivity index (χ2n) is 6.06. The van der Waals surface area contributed by atoms with Crippen molar-refractivity contribution in [2.24, 2.45) is 0 Å². The molecule has 1 aliphatic heterocycles. The Morgan fingerprint density at radius 3 is 2.48 bits per heavy atom. The third-order valence-electron chi connectivity index (χ3n) is 4.15. The molecule has 3 rings (SSSR count). The third-order valence-corrected chi connectivity index (χ3v) is 4.15. The predicted molar refractivity (Wildman–Crippen MR) is 94.6 cm³/mol. The molecule has 0 saturated carbocycles. The van der Waals surface area contributed by atoms with E-state index in [9.17, 15) is 24.3 Å². The van der Waals surface area contributed by atoms with E-state index < -0.39 is 30.3 Å². The number of hydrogen-bond donors (Lipinski definition) is 2. The molecule has 0 saturated heterocycles. The fourth-order valence-corrected chi connectivity index (χ4v) is 2.59. The van der Waals surface area contributed by atoms with Gasteiger partial charge in [-0.15, -0.1) is 0 Å². The number of benzene rings is 2. The minimum Gasteiger partial charge on any atom is -0.508 e. The number of ether oxygens (including phenoxy) is 1. The van der Waals surface area contributed by atoms with Gasteiger partial charge in [0, 0.05) is 12.7 Å². The molecule has 8 nitrogen and oxygen atoms in total. The van der Waals surface area contributed by atoms with Crippen molar-refractivity contribution < 1.29 is 29.0 Å². The van der Waals surface area contributed by atoms with Crippen LogP contribution in [-0.4, -0.2) is 47.4 Å². The quantitative estimate of drug-likeness (QED) is 0.628. The Bertz CT molecular complexity index is 982. The summed E-state index contributed by atoms with van der Waals surface area (Å²) in [6.07, 6.45) is 0. The maximum absolute atomic E-state index is 12.0. The average Bonchev–Trinajstić information content (AvgIpc) is 2.86. The first-order valence-corrected chi connectivity index (χ1v) is 8.01. The van der Waals surface area contributed by atoms with Crippen molar-refractivity contribution in [3.63, 3.8) is 0 Å². The number of hydrogen-bond acceptors (Lipinski definition) is 6. The van der Waals surface area contributed by atoms with Gasteiger partial charge in [0.1, 0.15) is 5.75 Å². The number of nitrogens with zero attached hydrogens (tertiary/aromatic N) is 1. The highest BCUT2D eigenvalue weighted by molar-refractivity contribution is 6.21. The second kappa shape index (κ2) is 6.91. The lowest BCUT2D eigenvalue weighted by atomic mass is 10.1. The maximum Gasteiger partial charge on any atom is 0.338 e. The number of esters is 1. The smallest absolute Gasteiger partial charge is 0.338 e. The Hall–Kier alpha value is -3.68. The van der Waals surface area contributed by atoms with Crippen molar-refractivity contribution in [3.05, 3.63) is 58.7 Å². The highest BCUT2D eigenvalue weighted by Crippen LogP contribution is 2.24. The highest BCUT2D eigenvalue weighted by Gasteiger charge is 2.32. The maximum atomic E-state index is 12.0. The molecule has 0 atom stereocenters. The van der Waals surface area contributed by atoms with Gasteiger partial charge in [-0.1, -0.05) is 6.07 Å². The van der Waals surface area contributed by atoms with Crippen LogP contribution in [0.3, 0.4) is 0 Å². The molecule has 1 aliphatic rings. The summed E-state index contributed by atoms with van der Waals surface area (Å²) in [5.74, 6) is -2.25. The molecule has 2 aromatic carbocycles. The standard InChI is InChI=1S/C19H16N2O6/c1-10-3-4-11(7-15(10)22)19(26)27-9-16(23)20-12-5-6-13-14(8-12)18(25)21(2)17(13)24/h3-8,22H,9H2,1-2H3,(H,20,23). The summed E-state index contributed by atoms with van der Waals surface area (Å²) in [4.78, 5) is 48.7. The van der Waals surface area contributed by atoms with Gasteiger partial charge in [-0.25, -0.2) is 4.79 Å². The van der Waals surface area contributed by atoms with Gasteiger partial charge in [-0.3, -0.25) is 19.3 Å². The van der Waals surface area contributed by atoms with Gasteiger partial charge in [-0.05, 0) is 42.8 Å². The van der Waals surface area contributed by atoms with Crippen molar-refractivity contribution in [2.75, 3.05) is 19.0 Å². The summed E-state index contributed by atoms with van der Waals surface area (Å²) in [5, 5.41) is 12.1. The van der Waals surface area contributed by atoms with Crippen LogP contribution in [-0.2, 0) is 9.53 Å². The molecule has 2 N–H and O–H groups in total. The molecule has 2 aromatic rings. The van der Waals surface area contributed by atoms with Crippen molar-refractivity contribution >= 4 is 29.4 Å². The molecule has 0 radical (unpaired) electrons. The normalized spacial score (nSPS) is 12.7. The first-order chi connectivity index (χ1) is 12.8. The van der Waals surface area contributed by atoms with Crippen LogP contribution in [0.5, 0.6) is 5.75 Å². The van der Waals surface area contributed by atoms with Gasteiger partial charge < -0.3 is 15.2 Å². The Balaban J connectivity index is 1.62. The number of aryl methyl sites for hydroxylation is 1. The Labute approximate surface area is 154 Å². The van der Waals surface area contributed by atoms with E-state index in [-0.39, 0.29) is 22.4 Å². The van der Waals surface area contributed by atoms with E-state index in [0.717, 1.165) is 4.90 Å². The summed E-state index contributed by atoms with van der Waals surface area (Å²) in [6.45, 7) is 1.14. The van der Waals surface area contributed by atoms with Gasteiger partial charge in [0.2, 0.25) is 0 Å². The third kappa shape index (κ3) is 3.50.